The predicted molar refractivity (Wildman–Crippen MR) is 61.8 cm³/mol. The van der Waals surface area contributed by atoms with Crippen molar-refractivity contribution < 1.29 is 4.79 Å². The molecule has 1 atom stereocenters. The molecule has 0 heterocycles. The first-order chi connectivity index (χ1) is 6.75. The van der Waals surface area contributed by atoms with E-state index in [2.05, 4.69) is 0 Å². The lowest BCUT2D eigenvalue weighted by molar-refractivity contribution is 0.0940. The van der Waals surface area contributed by atoms with Crippen LogP contribution in [-0.4, -0.2) is 13.6 Å². The Hall–Kier alpha value is -1.05. The number of carbonyl (C=O) groups is 1. The minimum atomic E-state index is -0.0765. The molecule has 0 saturated carbocycles. The summed E-state index contributed by atoms with van der Waals surface area (Å²) in [6.07, 6.45) is 0.410. The van der Waals surface area contributed by atoms with E-state index in [1.165, 1.54) is 0 Å². The van der Waals surface area contributed by atoms with E-state index in [4.69, 9.17) is 7.85 Å². The van der Waals surface area contributed by atoms with Gasteiger partial charge in [0.15, 0.2) is 5.78 Å². The molecule has 0 aliphatic carbocycles. The third-order valence-corrected chi connectivity index (χ3v) is 1.86. The molecule has 14 heavy (non-hydrogen) atoms. The lowest BCUT2D eigenvalue weighted by atomic mass is 9.87. The Kier molecular flexibility index (Phi) is 6.82. The summed E-state index contributed by atoms with van der Waals surface area (Å²) in [5.74, 6) is 0.0468. The predicted octanol–water partition coefficient (Wildman–Crippen LogP) is 3.12. The molecular formula is C12H17BO. The number of carbonyl (C=O) groups excluding carboxylic acids is 1. The van der Waals surface area contributed by atoms with Gasteiger partial charge in [0, 0.05) is 11.5 Å². The lowest BCUT2D eigenvalue weighted by Crippen LogP contribution is -2.10. The summed E-state index contributed by atoms with van der Waals surface area (Å²) >= 11 is 0. The highest BCUT2D eigenvalue weighted by Gasteiger charge is 2.11. The zero-order chi connectivity index (χ0) is 11.0. The van der Waals surface area contributed by atoms with Crippen molar-refractivity contribution in [3.63, 3.8) is 0 Å². The molecule has 0 aliphatic rings. The second-order valence-corrected chi connectivity index (χ2v) is 2.87. The van der Waals surface area contributed by atoms with Gasteiger partial charge in [0.2, 0.25) is 0 Å². The Labute approximate surface area is 87.9 Å². The second kappa shape index (κ2) is 7.37. The molecule has 0 aromatic heterocycles. The normalized spacial score (nSPS) is 11.1. The lowest BCUT2D eigenvalue weighted by Gasteiger charge is -2.06. The van der Waals surface area contributed by atoms with Gasteiger partial charge in [0.25, 0.3) is 0 Å². The van der Waals surface area contributed by atoms with Crippen LogP contribution in [0.4, 0.5) is 0 Å². The Morgan fingerprint density at radius 1 is 1.29 bits per heavy atom. The molecule has 1 nitrogen and oxygen atoms in total. The maximum atomic E-state index is 11.5. The fourth-order valence-electron chi connectivity index (χ4n) is 0.994. The van der Waals surface area contributed by atoms with Crippen molar-refractivity contribution >= 4 is 13.6 Å². The van der Waals surface area contributed by atoms with E-state index in [1.54, 1.807) is 0 Å². The maximum absolute atomic E-state index is 11.5. The van der Waals surface area contributed by atoms with Crippen LogP contribution in [0.1, 0.15) is 31.1 Å². The molecule has 1 rings (SSSR count). The van der Waals surface area contributed by atoms with Crippen molar-refractivity contribution in [2.24, 2.45) is 5.92 Å². The minimum absolute atomic E-state index is 0.0765. The zero-order valence-electron chi connectivity index (χ0n) is 9.16. The molecule has 2 heteroatoms. The van der Waals surface area contributed by atoms with Crippen LogP contribution >= 0.6 is 0 Å². The standard InChI is InChI=1S/C10H11BO.C2H6/c1-8(7-11)10(12)9-5-3-2-4-6-9;1-2/h2-6,8H,7H2,1H3;1-2H3. The van der Waals surface area contributed by atoms with Gasteiger partial charge in [-0.3, -0.25) is 4.79 Å². The van der Waals surface area contributed by atoms with Gasteiger partial charge in [-0.2, -0.15) is 0 Å². The monoisotopic (exact) mass is 188 g/mol. The van der Waals surface area contributed by atoms with E-state index in [0.717, 1.165) is 5.56 Å². The van der Waals surface area contributed by atoms with E-state index in [9.17, 15) is 4.79 Å². The molecule has 2 radical (unpaired) electrons. The van der Waals surface area contributed by atoms with E-state index >= 15 is 0 Å². The first-order valence-electron chi connectivity index (χ1n) is 5.05. The summed E-state index contributed by atoms with van der Waals surface area (Å²) in [5, 5.41) is 0. The van der Waals surface area contributed by atoms with Crippen LogP contribution in [0.3, 0.4) is 0 Å². The number of rotatable bonds is 3. The van der Waals surface area contributed by atoms with Gasteiger partial charge in [0.05, 0.1) is 7.85 Å². The smallest absolute Gasteiger partial charge is 0.164 e. The van der Waals surface area contributed by atoms with E-state index < -0.39 is 0 Å². The van der Waals surface area contributed by atoms with Crippen molar-refractivity contribution in [3.8, 4) is 0 Å². The molecule has 0 saturated heterocycles. The fraction of sp³-hybridized carbons (Fsp3) is 0.417. The Morgan fingerprint density at radius 3 is 2.21 bits per heavy atom. The first-order valence-corrected chi connectivity index (χ1v) is 5.05. The van der Waals surface area contributed by atoms with Gasteiger partial charge in [0.1, 0.15) is 0 Å². The molecule has 0 amide bonds. The highest BCUT2D eigenvalue weighted by molar-refractivity contribution is 6.12. The summed E-state index contributed by atoms with van der Waals surface area (Å²) in [6.45, 7) is 5.84. The van der Waals surface area contributed by atoms with Gasteiger partial charge >= 0.3 is 0 Å². The van der Waals surface area contributed by atoms with Gasteiger partial charge in [-0.1, -0.05) is 57.4 Å². The molecular weight excluding hydrogens is 171 g/mol. The summed E-state index contributed by atoms with van der Waals surface area (Å²) in [7, 11) is 5.39. The Morgan fingerprint density at radius 2 is 1.79 bits per heavy atom. The number of hydrogen-bond donors (Lipinski definition) is 0. The molecule has 1 unspecified atom stereocenters. The number of benzene rings is 1. The average molecular weight is 188 g/mol. The average Bonchev–Trinajstić information content (AvgIpc) is 2.31. The van der Waals surface area contributed by atoms with Crippen molar-refractivity contribution in [2.75, 3.05) is 0 Å². The summed E-state index contributed by atoms with van der Waals surface area (Å²) in [4.78, 5) is 11.5. The van der Waals surface area contributed by atoms with Gasteiger partial charge in [-0.05, 0) is 0 Å². The zero-order valence-corrected chi connectivity index (χ0v) is 9.16. The second-order valence-electron chi connectivity index (χ2n) is 2.87. The van der Waals surface area contributed by atoms with Crippen LogP contribution in [-0.2, 0) is 0 Å². The maximum Gasteiger partial charge on any atom is 0.164 e. The molecule has 1 aromatic rings. The van der Waals surface area contributed by atoms with E-state index in [1.807, 2.05) is 51.1 Å². The fourth-order valence-corrected chi connectivity index (χ4v) is 0.994. The molecule has 0 aliphatic heterocycles. The van der Waals surface area contributed by atoms with Gasteiger partial charge in [-0.25, -0.2) is 0 Å². The summed E-state index contributed by atoms with van der Waals surface area (Å²) in [6, 6.07) is 9.24. The first kappa shape index (κ1) is 13.0. The van der Waals surface area contributed by atoms with Crippen LogP contribution in [0.15, 0.2) is 30.3 Å². The summed E-state index contributed by atoms with van der Waals surface area (Å²) in [5.41, 5.74) is 0.746. The van der Waals surface area contributed by atoms with Crippen LogP contribution in [0.25, 0.3) is 0 Å². The Bertz CT molecular complexity index is 256. The van der Waals surface area contributed by atoms with Crippen molar-refractivity contribution in [1.82, 2.24) is 0 Å². The number of ketones is 1. The highest BCUT2D eigenvalue weighted by atomic mass is 16.1. The molecule has 1 aromatic carbocycles. The third kappa shape index (κ3) is 3.78. The molecule has 0 spiro atoms. The quantitative estimate of drug-likeness (QED) is 0.526. The molecule has 74 valence electrons. The van der Waals surface area contributed by atoms with Crippen LogP contribution in [0.2, 0.25) is 6.32 Å². The van der Waals surface area contributed by atoms with Gasteiger partial charge in [-0.15, -0.1) is 0 Å². The Balaban J connectivity index is 0.000000791. The minimum Gasteiger partial charge on any atom is -0.294 e. The third-order valence-electron chi connectivity index (χ3n) is 1.86. The van der Waals surface area contributed by atoms with Crippen LogP contribution in [0, 0.1) is 5.92 Å². The topological polar surface area (TPSA) is 17.1 Å². The van der Waals surface area contributed by atoms with Crippen molar-refractivity contribution in [2.45, 2.75) is 27.1 Å². The summed E-state index contributed by atoms with van der Waals surface area (Å²) < 4.78 is 0. The van der Waals surface area contributed by atoms with Gasteiger partial charge < -0.3 is 0 Å². The molecule has 0 fully saturated rings. The SMILES string of the molecule is CC.[B]CC(C)C(=O)c1ccccc1. The molecule has 0 N–H and O–H groups in total. The number of hydrogen-bond acceptors (Lipinski definition) is 1. The number of Topliss-reactive ketones (excluding diaryl/α,β-unsaturated/α-hetero) is 1. The van der Waals surface area contributed by atoms with E-state index in [-0.39, 0.29) is 11.7 Å². The van der Waals surface area contributed by atoms with Crippen molar-refractivity contribution in [1.29, 1.82) is 0 Å². The molecule has 0 bridgehead atoms. The largest absolute Gasteiger partial charge is 0.294 e. The van der Waals surface area contributed by atoms with Crippen LogP contribution in [0.5, 0.6) is 0 Å². The van der Waals surface area contributed by atoms with E-state index in [0.29, 0.717) is 6.32 Å². The van der Waals surface area contributed by atoms with Crippen molar-refractivity contribution in [3.05, 3.63) is 35.9 Å². The highest BCUT2D eigenvalue weighted by Crippen LogP contribution is 2.10. The van der Waals surface area contributed by atoms with Crippen LogP contribution < -0.4 is 0 Å².